The van der Waals surface area contributed by atoms with Crippen LogP contribution in [0.3, 0.4) is 0 Å². The first-order chi connectivity index (χ1) is 14.3. The summed E-state index contributed by atoms with van der Waals surface area (Å²) >= 11 is 6.14. The summed E-state index contributed by atoms with van der Waals surface area (Å²) in [6.45, 7) is 5.95. The molecule has 0 fully saturated rings. The van der Waals surface area contributed by atoms with Crippen molar-refractivity contribution in [1.82, 2.24) is 0 Å². The maximum absolute atomic E-state index is 12.6. The molecule has 0 amide bonds. The van der Waals surface area contributed by atoms with Crippen molar-refractivity contribution in [3.05, 3.63) is 82.4 Å². The third-order valence-electron chi connectivity index (χ3n) is 4.37. The molecule has 0 saturated carbocycles. The highest BCUT2D eigenvalue weighted by atomic mass is 35.5. The van der Waals surface area contributed by atoms with Crippen LogP contribution in [0.25, 0.3) is 0 Å². The van der Waals surface area contributed by atoms with Crippen molar-refractivity contribution >= 4 is 33.6 Å². The Hall–Kier alpha value is -2.83. The molecular weight excluding hydrogens is 422 g/mol. The fourth-order valence-corrected chi connectivity index (χ4v) is 3.80. The fraction of sp³-hybridized carbons (Fsp3) is 0.174. The topological polar surface area (TPSA) is 65.0 Å². The molecule has 0 aliphatic heterocycles. The number of hydrogen-bond donors (Lipinski definition) is 0. The van der Waals surface area contributed by atoms with Crippen LogP contribution in [0, 0.1) is 13.8 Å². The van der Waals surface area contributed by atoms with Crippen molar-refractivity contribution in [3.8, 4) is 11.5 Å². The van der Waals surface area contributed by atoms with Crippen molar-refractivity contribution in [2.45, 2.75) is 25.7 Å². The van der Waals surface area contributed by atoms with Crippen LogP contribution in [0.4, 0.5) is 5.69 Å². The van der Waals surface area contributed by atoms with E-state index in [1.807, 2.05) is 39.0 Å². The molecule has 0 aliphatic carbocycles. The summed E-state index contributed by atoms with van der Waals surface area (Å²) in [6.07, 6.45) is 1.67. The van der Waals surface area contributed by atoms with Crippen molar-refractivity contribution in [3.63, 3.8) is 0 Å². The van der Waals surface area contributed by atoms with Crippen molar-refractivity contribution in [2.75, 3.05) is 6.61 Å². The van der Waals surface area contributed by atoms with E-state index in [9.17, 15) is 8.42 Å². The maximum atomic E-state index is 12.6. The molecule has 0 N–H and O–H groups in total. The SMILES string of the molecule is CCOc1cc(C=Nc2cccc(Cl)c2C)ccc1OS(=O)(=O)c1ccc(C)cc1. The Kier molecular flexibility index (Phi) is 6.80. The smallest absolute Gasteiger partial charge is 0.339 e. The van der Waals surface area contributed by atoms with E-state index in [2.05, 4.69) is 4.99 Å². The van der Waals surface area contributed by atoms with Crippen LogP contribution >= 0.6 is 11.6 Å². The molecule has 5 nitrogen and oxygen atoms in total. The summed E-state index contributed by atoms with van der Waals surface area (Å²) in [5.74, 6) is 0.438. The van der Waals surface area contributed by atoms with Gasteiger partial charge in [0.15, 0.2) is 11.5 Å². The minimum Gasteiger partial charge on any atom is -0.490 e. The number of benzene rings is 3. The Morgan fingerprint density at radius 1 is 1.00 bits per heavy atom. The van der Waals surface area contributed by atoms with Crippen LogP contribution < -0.4 is 8.92 Å². The van der Waals surface area contributed by atoms with E-state index in [4.69, 9.17) is 20.5 Å². The average molecular weight is 444 g/mol. The second-order valence-corrected chi connectivity index (χ2v) is 8.59. The van der Waals surface area contributed by atoms with Crippen molar-refractivity contribution in [2.24, 2.45) is 4.99 Å². The van der Waals surface area contributed by atoms with E-state index in [1.165, 1.54) is 12.1 Å². The van der Waals surface area contributed by atoms with E-state index in [0.717, 1.165) is 22.4 Å². The Balaban J connectivity index is 1.89. The minimum atomic E-state index is -3.98. The number of hydrogen-bond acceptors (Lipinski definition) is 5. The number of ether oxygens (including phenoxy) is 1. The Morgan fingerprint density at radius 2 is 1.73 bits per heavy atom. The van der Waals surface area contributed by atoms with E-state index < -0.39 is 10.1 Å². The first kappa shape index (κ1) is 21.9. The summed E-state index contributed by atoms with van der Waals surface area (Å²) in [4.78, 5) is 4.56. The summed E-state index contributed by atoms with van der Waals surface area (Å²) in [5, 5.41) is 0.643. The largest absolute Gasteiger partial charge is 0.490 e. The van der Waals surface area contributed by atoms with Gasteiger partial charge < -0.3 is 8.92 Å². The standard InChI is InChI=1S/C23H22ClNO4S/c1-4-28-23-14-18(15-25-21-7-5-6-20(24)17(21)3)10-13-22(23)29-30(26,27)19-11-8-16(2)9-12-19/h5-15H,4H2,1-3H3. The molecule has 0 atom stereocenters. The highest BCUT2D eigenvalue weighted by Crippen LogP contribution is 2.31. The monoisotopic (exact) mass is 443 g/mol. The first-order valence-corrected chi connectivity index (χ1v) is 11.2. The molecule has 0 heterocycles. The molecule has 0 aromatic heterocycles. The Morgan fingerprint density at radius 3 is 2.43 bits per heavy atom. The fourth-order valence-electron chi connectivity index (χ4n) is 2.69. The van der Waals surface area contributed by atoms with E-state index in [1.54, 1.807) is 36.5 Å². The minimum absolute atomic E-state index is 0.0811. The second-order valence-electron chi connectivity index (χ2n) is 6.63. The normalized spacial score (nSPS) is 11.6. The van der Waals surface area contributed by atoms with Gasteiger partial charge in [-0.25, -0.2) is 0 Å². The maximum Gasteiger partial charge on any atom is 0.339 e. The third-order valence-corrected chi connectivity index (χ3v) is 6.03. The average Bonchev–Trinajstić information content (AvgIpc) is 2.71. The summed E-state index contributed by atoms with van der Waals surface area (Å²) in [7, 11) is -3.98. The van der Waals surface area contributed by atoms with E-state index in [0.29, 0.717) is 17.4 Å². The lowest BCUT2D eigenvalue weighted by Gasteiger charge is -2.12. The van der Waals surface area contributed by atoms with Gasteiger partial charge in [0.25, 0.3) is 0 Å². The molecule has 7 heteroatoms. The lowest BCUT2D eigenvalue weighted by Crippen LogP contribution is -2.11. The summed E-state index contributed by atoms with van der Waals surface area (Å²) in [6, 6.07) is 16.9. The van der Waals surface area contributed by atoms with Crippen molar-refractivity contribution in [1.29, 1.82) is 0 Å². The van der Waals surface area contributed by atoms with Gasteiger partial charge in [-0.05, 0) is 74.4 Å². The molecule has 156 valence electrons. The first-order valence-electron chi connectivity index (χ1n) is 9.37. The van der Waals surface area contributed by atoms with Crippen LogP contribution in [0.5, 0.6) is 11.5 Å². The molecule has 30 heavy (non-hydrogen) atoms. The molecule has 0 unspecified atom stereocenters. The molecule has 0 aliphatic rings. The summed E-state index contributed by atoms with van der Waals surface area (Å²) < 4.78 is 36.2. The zero-order valence-corrected chi connectivity index (χ0v) is 18.5. The zero-order valence-electron chi connectivity index (χ0n) is 16.9. The van der Waals surface area contributed by atoms with E-state index >= 15 is 0 Å². The van der Waals surface area contributed by atoms with Gasteiger partial charge in [-0.15, -0.1) is 0 Å². The van der Waals surface area contributed by atoms with Gasteiger partial charge in [-0.3, -0.25) is 4.99 Å². The van der Waals surface area contributed by atoms with Gasteiger partial charge >= 0.3 is 10.1 Å². The van der Waals surface area contributed by atoms with Crippen LogP contribution in [0.2, 0.25) is 5.02 Å². The number of nitrogens with zero attached hydrogens (tertiary/aromatic N) is 1. The van der Waals surface area contributed by atoms with Crippen molar-refractivity contribution < 1.29 is 17.3 Å². The van der Waals surface area contributed by atoms with Gasteiger partial charge in [-0.2, -0.15) is 8.42 Å². The molecule has 3 aromatic carbocycles. The molecular formula is C23H22ClNO4S. The highest BCUT2D eigenvalue weighted by molar-refractivity contribution is 7.87. The van der Waals surface area contributed by atoms with Gasteiger partial charge in [0.05, 0.1) is 12.3 Å². The van der Waals surface area contributed by atoms with Gasteiger partial charge in [0.1, 0.15) is 4.90 Å². The van der Waals surface area contributed by atoms with Crippen LogP contribution in [-0.4, -0.2) is 21.2 Å². The van der Waals surface area contributed by atoms with Crippen LogP contribution in [0.15, 0.2) is 70.6 Å². The lowest BCUT2D eigenvalue weighted by molar-refractivity contribution is 0.327. The highest BCUT2D eigenvalue weighted by Gasteiger charge is 2.19. The Bertz CT molecular complexity index is 1170. The number of halogens is 1. The zero-order chi connectivity index (χ0) is 21.7. The van der Waals surface area contributed by atoms with Gasteiger partial charge in [-0.1, -0.05) is 35.4 Å². The quantitative estimate of drug-likeness (QED) is 0.338. The summed E-state index contributed by atoms with van der Waals surface area (Å²) in [5.41, 5.74) is 3.33. The van der Waals surface area contributed by atoms with Gasteiger partial charge in [0.2, 0.25) is 0 Å². The molecule has 3 rings (SSSR count). The molecule has 0 bridgehead atoms. The number of rotatable bonds is 7. The van der Waals surface area contributed by atoms with Crippen LogP contribution in [-0.2, 0) is 10.1 Å². The third kappa shape index (κ3) is 5.20. The van der Waals surface area contributed by atoms with E-state index in [-0.39, 0.29) is 10.6 Å². The van der Waals surface area contributed by atoms with Gasteiger partial charge in [0, 0.05) is 11.2 Å². The van der Waals surface area contributed by atoms with Crippen LogP contribution in [0.1, 0.15) is 23.6 Å². The molecule has 0 spiro atoms. The lowest BCUT2D eigenvalue weighted by atomic mass is 10.2. The predicted octanol–water partition coefficient (Wildman–Crippen LogP) is 5.87. The molecule has 3 aromatic rings. The predicted molar refractivity (Wildman–Crippen MR) is 120 cm³/mol. The second kappa shape index (κ2) is 9.32. The number of aliphatic imine (C=N–C) groups is 1. The Labute approximate surface area is 182 Å². The molecule has 0 radical (unpaired) electrons. The molecule has 0 saturated heterocycles. The number of aryl methyl sites for hydroxylation is 1.